The highest BCUT2D eigenvalue weighted by Crippen LogP contribution is 2.35. The molecule has 8 heteroatoms. The van der Waals surface area contributed by atoms with Gasteiger partial charge in [-0.15, -0.1) is 0 Å². The number of fused-ring (bicyclic) bond motifs is 2. The van der Waals surface area contributed by atoms with Gasteiger partial charge in [-0.2, -0.15) is 0 Å². The predicted molar refractivity (Wildman–Crippen MR) is 154 cm³/mol. The fourth-order valence-corrected chi connectivity index (χ4v) is 6.06. The number of carbonyl (C=O) groups is 1. The van der Waals surface area contributed by atoms with Crippen molar-refractivity contribution < 1.29 is 13.9 Å². The zero-order valence-corrected chi connectivity index (χ0v) is 22.8. The Morgan fingerprint density at radius 1 is 1.08 bits per heavy atom. The fraction of sp³-hybridized carbons (Fsp3) is 0.129. The third kappa shape index (κ3) is 4.54. The number of benzene rings is 3. The second-order valence-corrected chi connectivity index (χ2v) is 10.5. The number of esters is 1. The first kappa shape index (κ1) is 25.1. The molecule has 0 fully saturated rings. The second kappa shape index (κ2) is 10.2. The molecule has 3 aromatic carbocycles. The van der Waals surface area contributed by atoms with Gasteiger partial charge >= 0.3 is 5.97 Å². The first-order chi connectivity index (χ1) is 18.9. The lowest BCUT2D eigenvalue weighted by atomic mass is 9.91. The number of aromatic nitrogens is 1. The van der Waals surface area contributed by atoms with E-state index in [-0.39, 0.29) is 12.2 Å². The van der Waals surface area contributed by atoms with Gasteiger partial charge in [-0.05, 0) is 66.6 Å². The molecule has 39 heavy (non-hydrogen) atoms. The van der Waals surface area contributed by atoms with E-state index in [1.807, 2.05) is 66.7 Å². The van der Waals surface area contributed by atoms with E-state index in [1.165, 1.54) is 11.3 Å². The highest BCUT2D eigenvalue weighted by Gasteiger charge is 2.34. The van der Waals surface area contributed by atoms with Crippen LogP contribution in [0.4, 0.5) is 0 Å². The number of nitrogens with zero attached hydrogens (tertiary/aromatic N) is 2. The van der Waals surface area contributed by atoms with Crippen molar-refractivity contribution in [3.63, 3.8) is 0 Å². The Labute approximate surface area is 232 Å². The number of allylic oxidation sites excluding steroid dienone is 1. The van der Waals surface area contributed by atoms with Gasteiger partial charge in [0.25, 0.3) is 5.56 Å². The number of hydrogen-bond acceptors (Lipinski definition) is 6. The average Bonchev–Trinajstić information content (AvgIpc) is 3.52. The maximum Gasteiger partial charge on any atom is 0.338 e. The summed E-state index contributed by atoms with van der Waals surface area (Å²) < 4.78 is 13.5. The smallest absolute Gasteiger partial charge is 0.338 e. The van der Waals surface area contributed by atoms with Crippen molar-refractivity contribution in [3.8, 4) is 11.3 Å². The lowest BCUT2D eigenvalue weighted by Crippen LogP contribution is -2.40. The van der Waals surface area contributed by atoms with Gasteiger partial charge < -0.3 is 9.15 Å². The Bertz CT molecular complexity index is 1940. The molecule has 0 aliphatic carbocycles. The van der Waals surface area contributed by atoms with Gasteiger partial charge in [0.15, 0.2) is 4.80 Å². The summed E-state index contributed by atoms with van der Waals surface area (Å²) >= 11 is 7.27. The van der Waals surface area contributed by atoms with Crippen LogP contribution < -0.4 is 14.9 Å². The lowest BCUT2D eigenvalue weighted by Gasteiger charge is -2.25. The van der Waals surface area contributed by atoms with Crippen LogP contribution in [0.2, 0.25) is 5.02 Å². The first-order valence-electron chi connectivity index (χ1n) is 12.5. The topological polar surface area (TPSA) is 73.8 Å². The summed E-state index contributed by atoms with van der Waals surface area (Å²) in [5.41, 5.74) is 2.35. The monoisotopic (exact) mass is 554 g/mol. The minimum Gasteiger partial charge on any atom is -0.463 e. The molecule has 3 heterocycles. The largest absolute Gasteiger partial charge is 0.463 e. The van der Waals surface area contributed by atoms with Gasteiger partial charge in [0.05, 0.1) is 28.5 Å². The number of furan rings is 1. The molecule has 5 aromatic rings. The van der Waals surface area contributed by atoms with Crippen LogP contribution in [0.15, 0.2) is 104 Å². The number of thiazole rings is 1. The highest BCUT2D eigenvalue weighted by molar-refractivity contribution is 7.07. The second-order valence-electron chi connectivity index (χ2n) is 9.08. The summed E-state index contributed by atoms with van der Waals surface area (Å²) in [5.74, 6) is 0.720. The lowest BCUT2D eigenvalue weighted by molar-refractivity contribution is -0.139. The molecular formula is C31H23ClN2O4S. The summed E-state index contributed by atoms with van der Waals surface area (Å²) in [6.45, 7) is 3.76. The summed E-state index contributed by atoms with van der Waals surface area (Å²) in [6, 6.07) is 24.2. The molecule has 0 saturated heterocycles. The highest BCUT2D eigenvalue weighted by atomic mass is 35.5. The molecule has 0 saturated carbocycles. The molecule has 2 aromatic heterocycles. The molecule has 6 rings (SSSR count). The minimum absolute atomic E-state index is 0.219. The van der Waals surface area contributed by atoms with Gasteiger partial charge in [0.2, 0.25) is 0 Å². The van der Waals surface area contributed by atoms with Crippen LogP contribution in [0.3, 0.4) is 0 Å². The van der Waals surface area contributed by atoms with Crippen LogP contribution in [0, 0.1) is 0 Å². The quantitative estimate of drug-likeness (QED) is 0.255. The first-order valence-corrected chi connectivity index (χ1v) is 13.7. The molecule has 0 amide bonds. The Hall–Kier alpha value is -4.20. The zero-order chi connectivity index (χ0) is 27.1. The molecular weight excluding hydrogens is 532 g/mol. The Kier molecular flexibility index (Phi) is 6.54. The number of halogens is 1. The Morgan fingerprint density at radius 3 is 2.64 bits per heavy atom. The van der Waals surface area contributed by atoms with Gasteiger partial charge in [0, 0.05) is 16.7 Å². The van der Waals surface area contributed by atoms with Gasteiger partial charge in [-0.3, -0.25) is 9.36 Å². The normalized spacial score (nSPS) is 15.4. The van der Waals surface area contributed by atoms with E-state index in [2.05, 4.69) is 4.99 Å². The minimum atomic E-state index is -0.685. The van der Waals surface area contributed by atoms with E-state index in [1.54, 1.807) is 36.6 Å². The molecule has 0 radical (unpaired) electrons. The number of carbonyl (C=O) groups excluding carboxylic acids is 1. The van der Waals surface area contributed by atoms with E-state index in [4.69, 9.17) is 20.8 Å². The summed E-state index contributed by atoms with van der Waals surface area (Å²) in [7, 11) is 0. The number of rotatable bonds is 5. The van der Waals surface area contributed by atoms with E-state index in [9.17, 15) is 9.59 Å². The van der Waals surface area contributed by atoms with Crippen LogP contribution in [0.25, 0.3) is 28.2 Å². The molecule has 0 bridgehead atoms. The van der Waals surface area contributed by atoms with Crippen LogP contribution in [-0.4, -0.2) is 17.1 Å². The van der Waals surface area contributed by atoms with Crippen molar-refractivity contribution in [1.29, 1.82) is 0 Å². The van der Waals surface area contributed by atoms with Crippen molar-refractivity contribution in [2.45, 2.75) is 19.9 Å². The molecule has 6 nitrogen and oxygen atoms in total. The number of ether oxygens (including phenoxy) is 1. The summed E-state index contributed by atoms with van der Waals surface area (Å²) in [6.07, 6.45) is 1.72. The van der Waals surface area contributed by atoms with Crippen molar-refractivity contribution in [1.82, 2.24) is 4.57 Å². The molecule has 0 unspecified atom stereocenters. The van der Waals surface area contributed by atoms with Gasteiger partial charge in [-0.1, -0.05) is 65.4 Å². The Morgan fingerprint density at radius 2 is 1.85 bits per heavy atom. The van der Waals surface area contributed by atoms with Crippen LogP contribution in [0.5, 0.6) is 0 Å². The maximum atomic E-state index is 13.9. The molecule has 194 valence electrons. The van der Waals surface area contributed by atoms with Crippen molar-refractivity contribution in [3.05, 3.63) is 126 Å². The van der Waals surface area contributed by atoms with E-state index >= 15 is 0 Å². The molecule has 0 spiro atoms. The van der Waals surface area contributed by atoms with Gasteiger partial charge in [-0.25, -0.2) is 9.79 Å². The molecule has 1 atom stereocenters. The van der Waals surface area contributed by atoms with E-state index in [0.717, 1.165) is 21.9 Å². The van der Waals surface area contributed by atoms with Crippen molar-refractivity contribution in [2.75, 3.05) is 6.61 Å². The van der Waals surface area contributed by atoms with E-state index in [0.29, 0.717) is 37.1 Å². The Balaban J connectivity index is 1.53. The van der Waals surface area contributed by atoms with Gasteiger partial charge in [0.1, 0.15) is 11.5 Å². The third-order valence-corrected chi connectivity index (χ3v) is 7.90. The number of hydrogen-bond donors (Lipinski definition) is 0. The fourth-order valence-electron chi connectivity index (χ4n) is 4.90. The van der Waals surface area contributed by atoms with Crippen LogP contribution in [0.1, 0.15) is 31.2 Å². The average molecular weight is 555 g/mol. The van der Waals surface area contributed by atoms with Crippen LogP contribution in [-0.2, 0) is 9.53 Å². The predicted octanol–water partition coefficient (Wildman–Crippen LogP) is 5.86. The SMILES string of the molecule is CCOC(=O)C1=C(C)N=c2s/c(=C\c3ccc(-c4ccc(Cl)cc4)o3)c(=O)n2[C@@H]1c1cccc2ccccc12. The maximum absolute atomic E-state index is 13.9. The molecule has 1 aliphatic rings. The summed E-state index contributed by atoms with van der Waals surface area (Å²) in [4.78, 5) is 32.3. The molecule has 0 N–H and O–H groups in total. The standard InChI is InChI=1S/C31H23ClN2O4S/c1-3-37-30(36)27-18(2)33-31-34(28(27)24-10-6-8-19-7-4-5-9-23(19)24)29(35)26(39-31)17-22-15-16-25(38-22)20-11-13-21(32)14-12-20/h4-17,28H,3H2,1-2H3/b26-17-/t28-/m1/s1. The molecule has 1 aliphatic heterocycles. The van der Waals surface area contributed by atoms with E-state index < -0.39 is 12.0 Å². The zero-order valence-electron chi connectivity index (χ0n) is 21.2. The van der Waals surface area contributed by atoms with Crippen LogP contribution >= 0.6 is 22.9 Å². The van der Waals surface area contributed by atoms with Crippen molar-refractivity contribution >= 4 is 45.8 Å². The summed E-state index contributed by atoms with van der Waals surface area (Å²) in [5, 5.41) is 2.61. The van der Waals surface area contributed by atoms with Crippen molar-refractivity contribution in [2.24, 2.45) is 4.99 Å². The third-order valence-electron chi connectivity index (χ3n) is 6.66.